The molecule has 0 spiro atoms. The van der Waals surface area contributed by atoms with Crippen LogP contribution in [-0.2, 0) is 10.0 Å². The quantitative estimate of drug-likeness (QED) is 0.822. The van der Waals surface area contributed by atoms with Gasteiger partial charge in [0.2, 0.25) is 10.0 Å². The number of anilines is 2. The Morgan fingerprint density at radius 1 is 1.31 bits per heavy atom. The van der Waals surface area contributed by atoms with E-state index in [0.29, 0.717) is 17.3 Å². The molecule has 1 aromatic carbocycles. The molecule has 16 heavy (non-hydrogen) atoms. The second-order valence-electron chi connectivity index (χ2n) is 4.20. The summed E-state index contributed by atoms with van der Waals surface area (Å²) in [5, 5.41) is 0. The Hall–Kier alpha value is -1.23. The minimum atomic E-state index is -3.27. The molecule has 0 atom stereocenters. The standard InChI is InChI=1S/C11H18N2O2S/c1-8(2)9-5-6-10(12)11(7-9)13(3)16(4,14)15/h5-8H,12H2,1-4H3. The summed E-state index contributed by atoms with van der Waals surface area (Å²) in [6, 6.07) is 5.48. The molecule has 0 radical (unpaired) electrons. The highest BCUT2D eigenvalue weighted by Crippen LogP contribution is 2.28. The summed E-state index contributed by atoms with van der Waals surface area (Å²) in [6.45, 7) is 4.10. The number of rotatable bonds is 3. The molecule has 4 nitrogen and oxygen atoms in total. The summed E-state index contributed by atoms with van der Waals surface area (Å²) in [6.07, 6.45) is 1.16. The molecule has 0 aliphatic rings. The highest BCUT2D eigenvalue weighted by molar-refractivity contribution is 7.92. The minimum Gasteiger partial charge on any atom is -0.397 e. The number of hydrogen-bond acceptors (Lipinski definition) is 3. The van der Waals surface area contributed by atoms with Crippen LogP contribution in [0.2, 0.25) is 0 Å². The molecule has 1 aromatic rings. The SMILES string of the molecule is CC(C)c1ccc(N)c(N(C)S(C)(=O)=O)c1. The molecule has 0 heterocycles. The van der Waals surface area contributed by atoms with Gasteiger partial charge in [-0.3, -0.25) is 4.31 Å². The fourth-order valence-electron chi connectivity index (χ4n) is 1.37. The zero-order valence-electron chi connectivity index (χ0n) is 10.1. The third-order valence-corrected chi connectivity index (χ3v) is 3.75. The fraction of sp³-hybridized carbons (Fsp3) is 0.455. The van der Waals surface area contributed by atoms with E-state index in [0.717, 1.165) is 11.8 Å². The molecule has 90 valence electrons. The van der Waals surface area contributed by atoms with E-state index >= 15 is 0 Å². The van der Waals surface area contributed by atoms with E-state index in [4.69, 9.17) is 5.73 Å². The minimum absolute atomic E-state index is 0.340. The van der Waals surface area contributed by atoms with Gasteiger partial charge in [-0.25, -0.2) is 8.42 Å². The number of benzene rings is 1. The van der Waals surface area contributed by atoms with E-state index < -0.39 is 10.0 Å². The molecule has 1 rings (SSSR count). The Morgan fingerprint density at radius 2 is 1.88 bits per heavy atom. The van der Waals surface area contributed by atoms with E-state index in [1.54, 1.807) is 6.07 Å². The van der Waals surface area contributed by atoms with Crippen LogP contribution >= 0.6 is 0 Å². The van der Waals surface area contributed by atoms with E-state index in [9.17, 15) is 8.42 Å². The topological polar surface area (TPSA) is 63.4 Å². The van der Waals surface area contributed by atoms with Crippen LogP contribution in [0.15, 0.2) is 18.2 Å². The summed E-state index contributed by atoms with van der Waals surface area (Å²) >= 11 is 0. The average molecular weight is 242 g/mol. The number of hydrogen-bond donors (Lipinski definition) is 1. The molecule has 0 aliphatic carbocycles. The molecular weight excluding hydrogens is 224 g/mol. The Labute approximate surface area is 97.1 Å². The van der Waals surface area contributed by atoms with Crippen molar-refractivity contribution in [3.05, 3.63) is 23.8 Å². The van der Waals surface area contributed by atoms with Gasteiger partial charge in [0.1, 0.15) is 0 Å². The van der Waals surface area contributed by atoms with Crippen LogP contribution in [0.1, 0.15) is 25.3 Å². The van der Waals surface area contributed by atoms with Crippen LogP contribution in [0.25, 0.3) is 0 Å². The zero-order chi connectivity index (χ0) is 12.5. The van der Waals surface area contributed by atoms with Gasteiger partial charge in [-0.1, -0.05) is 19.9 Å². The predicted molar refractivity (Wildman–Crippen MR) is 68.2 cm³/mol. The molecule has 0 amide bonds. The molecule has 0 saturated carbocycles. The summed E-state index contributed by atoms with van der Waals surface area (Å²) in [5.41, 5.74) is 7.86. The molecule has 2 N–H and O–H groups in total. The summed E-state index contributed by atoms with van der Waals surface area (Å²) in [4.78, 5) is 0. The predicted octanol–water partition coefficient (Wildman–Crippen LogP) is 1.79. The van der Waals surface area contributed by atoms with Crippen molar-refractivity contribution in [1.82, 2.24) is 0 Å². The Balaban J connectivity index is 3.28. The van der Waals surface area contributed by atoms with Crippen molar-refractivity contribution in [1.29, 1.82) is 0 Å². The van der Waals surface area contributed by atoms with Crippen molar-refractivity contribution in [3.63, 3.8) is 0 Å². The average Bonchev–Trinajstić information content (AvgIpc) is 2.15. The van der Waals surface area contributed by atoms with Crippen molar-refractivity contribution in [2.75, 3.05) is 23.3 Å². The van der Waals surface area contributed by atoms with Crippen molar-refractivity contribution in [3.8, 4) is 0 Å². The van der Waals surface area contributed by atoms with E-state index in [-0.39, 0.29) is 0 Å². The first kappa shape index (κ1) is 12.8. The smallest absolute Gasteiger partial charge is 0.232 e. The monoisotopic (exact) mass is 242 g/mol. The Bertz CT molecular complexity index is 481. The van der Waals surface area contributed by atoms with Gasteiger partial charge in [0.25, 0.3) is 0 Å². The van der Waals surface area contributed by atoms with Gasteiger partial charge >= 0.3 is 0 Å². The van der Waals surface area contributed by atoms with Crippen molar-refractivity contribution in [2.45, 2.75) is 19.8 Å². The first-order valence-electron chi connectivity index (χ1n) is 5.07. The maximum absolute atomic E-state index is 11.4. The second-order valence-corrected chi connectivity index (χ2v) is 6.22. The van der Waals surface area contributed by atoms with E-state index in [2.05, 4.69) is 13.8 Å². The highest BCUT2D eigenvalue weighted by atomic mass is 32.2. The van der Waals surface area contributed by atoms with Crippen LogP contribution in [-0.4, -0.2) is 21.7 Å². The normalized spacial score (nSPS) is 11.8. The Kier molecular flexibility index (Phi) is 3.48. The van der Waals surface area contributed by atoms with Crippen LogP contribution in [0.3, 0.4) is 0 Å². The van der Waals surface area contributed by atoms with Crippen molar-refractivity contribution >= 4 is 21.4 Å². The van der Waals surface area contributed by atoms with Gasteiger partial charge in [-0.05, 0) is 23.6 Å². The molecule has 5 heteroatoms. The van der Waals surface area contributed by atoms with Gasteiger partial charge in [0, 0.05) is 7.05 Å². The lowest BCUT2D eigenvalue weighted by Gasteiger charge is -2.20. The van der Waals surface area contributed by atoms with Crippen molar-refractivity contribution < 1.29 is 8.42 Å². The van der Waals surface area contributed by atoms with Gasteiger partial charge in [-0.15, -0.1) is 0 Å². The zero-order valence-corrected chi connectivity index (χ0v) is 10.9. The van der Waals surface area contributed by atoms with E-state index in [1.807, 2.05) is 12.1 Å². The lowest BCUT2D eigenvalue weighted by molar-refractivity contribution is 0.600. The maximum Gasteiger partial charge on any atom is 0.232 e. The molecular formula is C11H18N2O2S. The third kappa shape index (κ3) is 2.66. The summed E-state index contributed by atoms with van der Waals surface area (Å²) in [5.74, 6) is 0.340. The summed E-state index contributed by atoms with van der Waals surface area (Å²) < 4.78 is 24.1. The molecule has 0 bridgehead atoms. The van der Waals surface area contributed by atoms with Crippen LogP contribution in [0.5, 0.6) is 0 Å². The van der Waals surface area contributed by atoms with Crippen LogP contribution < -0.4 is 10.0 Å². The first-order chi connectivity index (χ1) is 7.23. The largest absolute Gasteiger partial charge is 0.397 e. The molecule has 0 aromatic heterocycles. The van der Waals surface area contributed by atoms with E-state index in [1.165, 1.54) is 11.4 Å². The molecule has 0 saturated heterocycles. The molecule has 0 unspecified atom stereocenters. The van der Waals surface area contributed by atoms with Crippen molar-refractivity contribution in [2.24, 2.45) is 0 Å². The van der Waals surface area contributed by atoms with Gasteiger partial charge in [0.05, 0.1) is 17.6 Å². The molecule has 0 fully saturated rings. The van der Waals surface area contributed by atoms with Crippen LogP contribution in [0, 0.1) is 0 Å². The van der Waals surface area contributed by atoms with Gasteiger partial charge < -0.3 is 5.73 Å². The highest BCUT2D eigenvalue weighted by Gasteiger charge is 2.15. The Morgan fingerprint density at radius 3 is 2.31 bits per heavy atom. The molecule has 0 aliphatic heterocycles. The van der Waals surface area contributed by atoms with Gasteiger partial charge in [-0.2, -0.15) is 0 Å². The second kappa shape index (κ2) is 4.33. The fourth-order valence-corrected chi connectivity index (χ4v) is 1.89. The summed E-state index contributed by atoms with van der Waals surface area (Å²) in [7, 11) is -1.76. The maximum atomic E-state index is 11.4. The van der Waals surface area contributed by atoms with Crippen LogP contribution in [0.4, 0.5) is 11.4 Å². The third-order valence-electron chi connectivity index (χ3n) is 2.56. The lowest BCUT2D eigenvalue weighted by Crippen LogP contribution is -2.25. The van der Waals surface area contributed by atoms with Gasteiger partial charge in [0.15, 0.2) is 0 Å². The number of nitrogen functional groups attached to an aromatic ring is 1. The first-order valence-corrected chi connectivity index (χ1v) is 6.91. The number of nitrogens with zero attached hydrogens (tertiary/aromatic N) is 1. The number of sulfonamides is 1. The number of nitrogens with two attached hydrogens (primary N) is 1. The lowest BCUT2D eigenvalue weighted by atomic mass is 10.0.